The summed E-state index contributed by atoms with van der Waals surface area (Å²) in [5, 5.41) is 1.10. The van der Waals surface area contributed by atoms with Gasteiger partial charge in [-0.15, -0.1) is 0 Å². The van der Waals surface area contributed by atoms with Crippen LogP contribution in [0.25, 0.3) is 10.9 Å². The fourth-order valence-corrected chi connectivity index (χ4v) is 2.10. The number of benzene rings is 2. The molecule has 0 saturated heterocycles. The molecule has 2 aromatic carbocycles. The van der Waals surface area contributed by atoms with Gasteiger partial charge in [-0.25, -0.2) is 4.98 Å². The van der Waals surface area contributed by atoms with E-state index < -0.39 is 0 Å². The first-order valence-corrected chi connectivity index (χ1v) is 6.59. The number of aromatic nitrogens is 1. The van der Waals surface area contributed by atoms with Gasteiger partial charge in [-0.1, -0.05) is 30.3 Å². The van der Waals surface area contributed by atoms with Gasteiger partial charge in [0.25, 0.3) is 0 Å². The zero-order valence-corrected chi connectivity index (χ0v) is 11.3. The third-order valence-corrected chi connectivity index (χ3v) is 3.28. The Morgan fingerprint density at radius 1 is 1.05 bits per heavy atom. The van der Waals surface area contributed by atoms with E-state index in [-0.39, 0.29) is 0 Å². The van der Waals surface area contributed by atoms with Crippen molar-refractivity contribution in [3.05, 3.63) is 65.7 Å². The maximum Gasteiger partial charge on any atom is 0.219 e. The lowest BCUT2D eigenvalue weighted by atomic mass is 10.1. The van der Waals surface area contributed by atoms with Crippen LogP contribution in [0.4, 0.5) is 0 Å². The Bertz CT molecular complexity index is 753. The summed E-state index contributed by atoms with van der Waals surface area (Å²) >= 11 is 0. The highest BCUT2D eigenvalue weighted by atomic mass is 16.5. The zero-order chi connectivity index (χ0) is 13.9. The first kappa shape index (κ1) is 12.6. The van der Waals surface area contributed by atoms with Crippen molar-refractivity contribution >= 4 is 10.9 Å². The normalized spacial score (nSPS) is 10.7. The van der Waals surface area contributed by atoms with Gasteiger partial charge in [-0.05, 0) is 36.2 Å². The summed E-state index contributed by atoms with van der Waals surface area (Å²) in [6.45, 7) is 2.51. The standard InChI is InChI=1S/C17H16N2O/c1-12-6-7-13(11-18)10-16(12)20-17-9-8-14-4-2-3-5-15(14)19-17/h2-10H,11,18H2,1H3. The van der Waals surface area contributed by atoms with Gasteiger partial charge >= 0.3 is 0 Å². The van der Waals surface area contributed by atoms with Crippen LogP contribution in [0.1, 0.15) is 11.1 Å². The molecule has 0 aliphatic heterocycles. The van der Waals surface area contributed by atoms with E-state index in [9.17, 15) is 0 Å². The van der Waals surface area contributed by atoms with Crippen LogP contribution in [-0.4, -0.2) is 4.98 Å². The molecule has 1 heterocycles. The van der Waals surface area contributed by atoms with Gasteiger partial charge in [0, 0.05) is 18.0 Å². The second kappa shape index (κ2) is 5.31. The summed E-state index contributed by atoms with van der Waals surface area (Å²) in [7, 11) is 0. The summed E-state index contributed by atoms with van der Waals surface area (Å²) in [5.41, 5.74) is 8.71. The van der Waals surface area contributed by atoms with Crippen LogP contribution in [-0.2, 0) is 6.54 Å². The van der Waals surface area contributed by atoms with Crippen molar-refractivity contribution in [1.29, 1.82) is 0 Å². The molecule has 0 saturated carbocycles. The maximum atomic E-state index is 5.89. The fraction of sp³-hybridized carbons (Fsp3) is 0.118. The molecule has 3 heteroatoms. The highest BCUT2D eigenvalue weighted by molar-refractivity contribution is 5.78. The number of hydrogen-bond donors (Lipinski definition) is 1. The molecule has 0 aliphatic carbocycles. The number of pyridine rings is 1. The fourth-order valence-electron chi connectivity index (χ4n) is 2.10. The van der Waals surface area contributed by atoms with E-state index in [1.807, 2.05) is 61.5 Å². The molecule has 0 fully saturated rings. The number of fused-ring (bicyclic) bond motifs is 1. The lowest BCUT2D eigenvalue weighted by molar-refractivity contribution is 0.461. The summed E-state index contributed by atoms with van der Waals surface area (Å²) in [4.78, 5) is 4.51. The third-order valence-electron chi connectivity index (χ3n) is 3.28. The number of aryl methyl sites for hydroxylation is 1. The SMILES string of the molecule is Cc1ccc(CN)cc1Oc1ccc2ccccc2n1. The summed E-state index contributed by atoms with van der Waals surface area (Å²) in [5.74, 6) is 1.40. The van der Waals surface area contributed by atoms with E-state index in [2.05, 4.69) is 4.98 Å². The molecule has 3 rings (SSSR count). The van der Waals surface area contributed by atoms with E-state index in [0.717, 1.165) is 27.8 Å². The predicted molar refractivity (Wildman–Crippen MR) is 80.9 cm³/mol. The van der Waals surface area contributed by atoms with E-state index in [1.54, 1.807) is 0 Å². The molecule has 1 aromatic heterocycles. The van der Waals surface area contributed by atoms with Crippen molar-refractivity contribution in [3.63, 3.8) is 0 Å². The number of rotatable bonds is 3. The largest absolute Gasteiger partial charge is 0.439 e. The van der Waals surface area contributed by atoms with Crippen LogP contribution in [0.15, 0.2) is 54.6 Å². The second-order valence-electron chi connectivity index (χ2n) is 4.75. The quantitative estimate of drug-likeness (QED) is 0.782. The Hall–Kier alpha value is -2.39. The van der Waals surface area contributed by atoms with Crippen molar-refractivity contribution in [1.82, 2.24) is 4.98 Å². The highest BCUT2D eigenvalue weighted by Gasteiger charge is 2.05. The molecule has 100 valence electrons. The molecule has 0 amide bonds. The molecule has 0 aliphatic rings. The van der Waals surface area contributed by atoms with Crippen LogP contribution < -0.4 is 10.5 Å². The molecular formula is C17H16N2O. The van der Waals surface area contributed by atoms with Gasteiger partial charge in [0.2, 0.25) is 5.88 Å². The van der Waals surface area contributed by atoms with Crippen LogP contribution in [0, 0.1) is 6.92 Å². The van der Waals surface area contributed by atoms with Gasteiger partial charge < -0.3 is 10.5 Å². The minimum Gasteiger partial charge on any atom is -0.439 e. The molecule has 0 radical (unpaired) electrons. The van der Waals surface area contributed by atoms with Crippen molar-refractivity contribution in [3.8, 4) is 11.6 Å². The molecule has 0 bridgehead atoms. The smallest absolute Gasteiger partial charge is 0.219 e. The Morgan fingerprint density at radius 3 is 2.75 bits per heavy atom. The van der Waals surface area contributed by atoms with Crippen molar-refractivity contribution in [2.45, 2.75) is 13.5 Å². The van der Waals surface area contributed by atoms with Gasteiger partial charge in [0.05, 0.1) is 5.52 Å². The van der Waals surface area contributed by atoms with Crippen LogP contribution in [0.3, 0.4) is 0 Å². The molecule has 2 N–H and O–H groups in total. The summed E-state index contributed by atoms with van der Waals surface area (Å²) in [6, 6.07) is 17.9. The molecule has 3 nitrogen and oxygen atoms in total. The van der Waals surface area contributed by atoms with Crippen molar-refractivity contribution in [2.75, 3.05) is 0 Å². The number of hydrogen-bond acceptors (Lipinski definition) is 3. The molecule has 0 spiro atoms. The maximum absolute atomic E-state index is 5.89. The monoisotopic (exact) mass is 264 g/mol. The Balaban J connectivity index is 1.96. The Kier molecular flexibility index (Phi) is 3.35. The average molecular weight is 264 g/mol. The second-order valence-corrected chi connectivity index (χ2v) is 4.75. The first-order valence-electron chi connectivity index (χ1n) is 6.59. The minimum atomic E-state index is 0.502. The first-order chi connectivity index (χ1) is 9.76. The van der Waals surface area contributed by atoms with E-state index in [4.69, 9.17) is 10.5 Å². The Morgan fingerprint density at radius 2 is 1.90 bits per heavy atom. The highest BCUT2D eigenvalue weighted by Crippen LogP contribution is 2.26. The van der Waals surface area contributed by atoms with Gasteiger partial charge in [-0.2, -0.15) is 0 Å². The van der Waals surface area contributed by atoms with Crippen LogP contribution >= 0.6 is 0 Å². The lowest BCUT2D eigenvalue weighted by Gasteiger charge is -2.10. The van der Waals surface area contributed by atoms with Crippen molar-refractivity contribution in [2.24, 2.45) is 5.73 Å². The number of nitrogens with zero attached hydrogens (tertiary/aromatic N) is 1. The average Bonchev–Trinajstić information content (AvgIpc) is 2.49. The Labute approximate surface area is 118 Å². The topological polar surface area (TPSA) is 48.1 Å². The predicted octanol–water partition coefficient (Wildman–Crippen LogP) is 3.79. The molecule has 0 atom stereocenters. The molecule has 20 heavy (non-hydrogen) atoms. The molecular weight excluding hydrogens is 248 g/mol. The summed E-state index contributed by atoms with van der Waals surface area (Å²) in [6.07, 6.45) is 0. The van der Waals surface area contributed by atoms with E-state index in [1.165, 1.54) is 0 Å². The summed E-state index contributed by atoms with van der Waals surface area (Å²) < 4.78 is 5.89. The van der Waals surface area contributed by atoms with Gasteiger partial charge in [-0.3, -0.25) is 0 Å². The van der Waals surface area contributed by atoms with Gasteiger partial charge in [0.1, 0.15) is 5.75 Å². The molecule has 0 unspecified atom stereocenters. The molecule has 3 aromatic rings. The van der Waals surface area contributed by atoms with Crippen molar-refractivity contribution < 1.29 is 4.74 Å². The third kappa shape index (κ3) is 2.49. The van der Waals surface area contributed by atoms with E-state index >= 15 is 0 Å². The van der Waals surface area contributed by atoms with Gasteiger partial charge in [0.15, 0.2) is 0 Å². The minimum absolute atomic E-state index is 0.502. The van der Waals surface area contributed by atoms with Crippen LogP contribution in [0.2, 0.25) is 0 Å². The van der Waals surface area contributed by atoms with Crippen LogP contribution in [0.5, 0.6) is 11.6 Å². The number of para-hydroxylation sites is 1. The number of nitrogens with two attached hydrogens (primary N) is 1. The number of ether oxygens (including phenoxy) is 1. The van der Waals surface area contributed by atoms with E-state index in [0.29, 0.717) is 12.4 Å². The lowest BCUT2D eigenvalue weighted by Crippen LogP contribution is -1.98. The zero-order valence-electron chi connectivity index (χ0n) is 11.3.